The van der Waals surface area contributed by atoms with E-state index in [9.17, 15) is 9.00 Å². The van der Waals surface area contributed by atoms with Gasteiger partial charge in [0.05, 0.1) is 16.6 Å². The van der Waals surface area contributed by atoms with Crippen molar-refractivity contribution in [3.8, 4) is 0 Å². The Balaban J connectivity index is 1.35. The van der Waals surface area contributed by atoms with Crippen LogP contribution < -0.4 is 4.90 Å². The zero-order valence-corrected chi connectivity index (χ0v) is 19.3. The van der Waals surface area contributed by atoms with Crippen molar-refractivity contribution < 1.29 is 13.4 Å². The van der Waals surface area contributed by atoms with E-state index in [4.69, 9.17) is 16.0 Å². The zero-order chi connectivity index (χ0) is 21.1. The number of carbonyl (C=O) groups is 1. The maximum absolute atomic E-state index is 12.8. The molecule has 5 nitrogen and oxygen atoms in total. The summed E-state index contributed by atoms with van der Waals surface area (Å²) in [5.74, 6) is 0.921. The van der Waals surface area contributed by atoms with Gasteiger partial charge in [-0.3, -0.25) is 9.00 Å². The second kappa shape index (κ2) is 9.37. The van der Waals surface area contributed by atoms with Crippen molar-refractivity contribution in [2.75, 3.05) is 31.1 Å². The molecule has 1 fully saturated rings. The summed E-state index contributed by atoms with van der Waals surface area (Å²) in [5.41, 5.74) is 1.06. The number of benzene rings is 2. The van der Waals surface area contributed by atoms with Gasteiger partial charge in [-0.15, -0.1) is 0 Å². The van der Waals surface area contributed by atoms with Crippen molar-refractivity contribution in [2.24, 2.45) is 0 Å². The largest absolute Gasteiger partial charge is 0.455 e. The fourth-order valence-electron chi connectivity index (χ4n) is 3.37. The lowest BCUT2D eigenvalue weighted by atomic mass is 10.2. The third-order valence-electron chi connectivity index (χ3n) is 4.96. The highest BCUT2D eigenvalue weighted by atomic mass is 79.9. The first-order valence-electron chi connectivity index (χ1n) is 9.52. The second-order valence-corrected chi connectivity index (χ2v) is 9.77. The van der Waals surface area contributed by atoms with E-state index in [1.165, 1.54) is 0 Å². The Kier molecular flexibility index (Phi) is 6.61. The van der Waals surface area contributed by atoms with Crippen molar-refractivity contribution in [1.29, 1.82) is 0 Å². The normalized spacial score (nSPS) is 15.3. The molecule has 0 spiro atoms. The molecule has 1 aromatic heterocycles. The first-order valence-corrected chi connectivity index (χ1v) is 12.0. The van der Waals surface area contributed by atoms with Gasteiger partial charge in [0, 0.05) is 46.3 Å². The summed E-state index contributed by atoms with van der Waals surface area (Å²) < 4.78 is 19.2. The first-order chi connectivity index (χ1) is 14.5. The molecule has 2 aromatic carbocycles. The number of nitrogens with zero attached hydrogens (tertiary/aromatic N) is 2. The molecule has 1 aliphatic heterocycles. The number of furan rings is 1. The van der Waals surface area contributed by atoms with Gasteiger partial charge in [0.2, 0.25) is 0 Å². The molecule has 0 N–H and O–H groups in total. The zero-order valence-electron chi connectivity index (χ0n) is 16.1. The average molecular weight is 508 g/mol. The number of hydrogen-bond acceptors (Lipinski definition) is 4. The third kappa shape index (κ3) is 4.96. The molecule has 3 aromatic rings. The quantitative estimate of drug-likeness (QED) is 0.489. The summed E-state index contributed by atoms with van der Waals surface area (Å²) in [7, 11) is -1.23. The molecule has 156 valence electrons. The number of anilines is 1. The molecule has 1 aliphatic rings. The predicted molar refractivity (Wildman–Crippen MR) is 123 cm³/mol. The lowest BCUT2D eigenvalue weighted by Gasteiger charge is -2.35. The summed E-state index contributed by atoms with van der Waals surface area (Å²) >= 11 is 9.45. The molecule has 0 aliphatic carbocycles. The van der Waals surface area contributed by atoms with Gasteiger partial charge in [0.25, 0.3) is 5.91 Å². The van der Waals surface area contributed by atoms with E-state index >= 15 is 0 Å². The Morgan fingerprint density at radius 2 is 1.77 bits per heavy atom. The van der Waals surface area contributed by atoms with Crippen molar-refractivity contribution in [3.05, 3.63) is 81.7 Å². The molecule has 0 radical (unpaired) electrons. The highest BCUT2D eigenvalue weighted by molar-refractivity contribution is 9.10. The fraction of sp³-hybridized carbons (Fsp3) is 0.227. The standard InChI is InChI=1S/C22H20BrClN2O3S/c23-16-4-7-20(8-5-16)30(28)15-19-6-9-21(29-19)22(27)26-12-10-25(11-13-26)18-3-1-2-17(24)14-18/h1-9,14H,10-13,15H2/t30-/m1/s1. The summed E-state index contributed by atoms with van der Waals surface area (Å²) in [6, 6.07) is 18.5. The van der Waals surface area contributed by atoms with E-state index in [-0.39, 0.29) is 17.4 Å². The average Bonchev–Trinajstić information content (AvgIpc) is 3.22. The van der Waals surface area contributed by atoms with E-state index in [1.54, 1.807) is 17.0 Å². The number of hydrogen-bond donors (Lipinski definition) is 0. The van der Waals surface area contributed by atoms with Crippen molar-refractivity contribution in [3.63, 3.8) is 0 Å². The Labute approximate surface area is 191 Å². The lowest BCUT2D eigenvalue weighted by molar-refractivity contribution is 0.0713. The van der Waals surface area contributed by atoms with Crippen LogP contribution in [0.3, 0.4) is 0 Å². The minimum absolute atomic E-state index is 0.138. The predicted octanol–water partition coefficient (Wildman–Crippen LogP) is 4.97. The highest BCUT2D eigenvalue weighted by Gasteiger charge is 2.24. The summed E-state index contributed by atoms with van der Waals surface area (Å²) in [6.07, 6.45) is 0. The molecule has 4 rings (SSSR count). The molecule has 8 heteroatoms. The number of piperazine rings is 1. The van der Waals surface area contributed by atoms with Crippen LogP contribution in [0.2, 0.25) is 5.02 Å². The van der Waals surface area contributed by atoms with Crippen LogP contribution in [-0.4, -0.2) is 41.2 Å². The molecule has 2 heterocycles. The number of amides is 1. The van der Waals surface area contributed by atoms with E-state index in [0.29, 0.717) is 23.9 Å². The molecule has 0 saturated carbocycles. The molecule has 1 amide bonds. The Morgan fingerprint density at radius 1 is 1.03 bits per heavy atom. The molecular formula is C22H20BrClN2O3S. The highest BCUT2D eigenvalue weighted by Crippen LogP contribution is 2.22. The van der Waals surface area contributed by atoms with Gasteiger partial charge < -0.3 is 14.2 Å². The molecule has 0 bridgehead atoms. The minimum Gasteiger partial charge on any atom is -0.455 e. The van der Waals surface area contributed by atoms with Gasteiger partial charge >= 0.3 is 0 Å². The van der Waals surface area contributed by atoms with Gasteiger partial charge in [0.1, 0.15) is 5.76 Å². The molecule has 0 unspecified atom stereocenters. The maximum atomic E-state index is 12.8. The smallest absolute Gasteiger partial charge is 0.289 e. The van der Waals surface area contributed by atoms with Crippen LogP contribution in [0.4, 0.5) is 5.69 Å². The van der Waals surface area contributed by atoms with Gasteiger partial charge in [-0.1, -0.05) is 33.6 Å². The van der Waals surface area contributed by atoms with Crippen LogP contribution in [0.25, 0.3) is 0 Å². The molecule has 1 atom stereocenters. The van der Waals surface area contributed by atoms with Crippen LogP contribution in [0, 0.1) is 0 Å². The summed E-state index contributed by atoms with van der Waals surface area (Å²) in [5, 5.41) is 0.703. The summed E-state index contributed by atoms with van der Waals surface area (Å²) in [6.45, 7) is 2.67. The number of halogens is 2. The fourth-order valence-corrected chi connectivity index (χ4v) is 4.83. The van der Waals surface area contributed by atoms with E-state index in [2.05, 4.69) is 20.8 Å². The molecular weight excluding hydrogens is 488 g/mol. The van der Waals surface area contributed by atoms with Crippen molar-refractivity contribution >= 4 is 49.9 Å². The van der Waals surface area contributed by atoms with Crippen LogP contribution in [0.5, 0.6) is 0 Å². The van der Waals surface area contributed by atoms with Crippen molar-refractivity contribution in [1.82, 2.24) is 4.90 Å². The van der Waals surface area contributed by atoms with Gasteiger partial charge in [0.15, 0.2) is 5.76 Å². The SMILES string of the molecule is O=C(c1ccc(C[S@@](=O)c2ccc(Br)cc2)o1)N1CCN(c2cccc(Cl)c2)CC1. The Hall–Kier alpha value is -2.09. The van der Waals surface area contributed by atoms with Gasteiger partial charge in [-0.25, -0.2) is 0 Å². The number of rotatable bonds is 5. The minimum atomic E-state index is -1.23. The van der Waals surface area contributed by atoms with E-state index < -0.39 is 10.8 Å². The lowest BCUT2D eigenvalue weighted by Crippen LogP contribution is -2.48. The number of carbonyl (C=O) groups excluding carboxylic acids is 1. The maximum Gasteiger partial charge on any atom is 0.289 e. The summed E-state index contributed by atoms with van der Waals surface area (Å²) in [4.78, 5) is 17.5. The van der Waals surface area contributed by atoms with Gasteiger partial charge in [-0.05, 0) is 54.6 Å². The van der Waals surface area contributed by atoms with Crippen LogP contribution in [0.15, 0.2) is 74.4 Å². The molecule has 30 heavy (non-hydrogen) atoms. The topological polar surface area (TPSA) is 53.8 Å². The van der Waals surface area contributed by atoms with Crippen LogP contribution in [0.1, 0.15) is 16.3 Å². The molecule has 1 saturated heterocycles. The van der Waals surface area contributed by atoms with Crippen LogP contribution >= 0.6 is 27.5 Å². The monoisotopic (exact) mass is 506 g/mol. The van der Waals surface area contributed by atoms with E-state index in [0.717, 1.165) is 28.1 Å². The Morgan fingerprint density at radius 3 is 2.47 bits per heavy atom. The van der Waals surface area contributed by atoms with Crippen molar-refractivity contribution in [2.45, 2.75) is 10.6 Å². The Bertz CT molecular complexity index is 1060. The van der Waals surface area contributed by atoms with Crippen LogP contribution in [-0.2, 0) is 16.6 Å². The van der Waals surface area contributed by atoms with Gasteiger partial charge in [-0.2, -0.15) is 0 Å². The second-order valence-electron chi connectivity index (χ2n) is 6.97. The third-order valence-corrected chi connectivity index (χ3v) is 7.07. The first kappa shape index (κ1) is 21.2. The van der Waals surface area contributed by atoms with E-state index in [1.807, 2.05) is 48.5 Å².